The molecule has 2 rings (SSSR count). The van der Waals surface area contributed by atoms with Crippen molar-refractivity contribution < 1.29 is 9.59 Å². The summed E-state index contributed by atoms with van der Waals surface area (Å²) < 4.78 is 0. The van der Waals surface area contributed by atoms with Crippen LogP contribution >= 0.6 is 0 Å². The van der Waals surface area contributed by atoms with Gasteiger partial charge in [0.2, 0.25) is 11.8 Å². The van der Waals surface area contributed by atoms with Crippen LogP contribution in [0.5, 0.6) is 0 Å². The molecule has 1 saturated heterocycles. The Hall–Kier alpha value is -1.10. The molecule has 2 N–H and O–H groups in total. The first-order valence-corrected chi connectivity index (χ1v) is 5.48. The monoisotopic (exact) mass is 211 g/mol. The molecule has 1 aliphatic carbocycles. The van der Waals surface area contributed by atoms with E-state index in [1.54, 1.807) is 0 Å². The van der Waals surface area contributed by atoms with Gasteiger partial charge in [-0.25, -0.2) is 0 Å². The summed E-state index contributed by atoms with van der Waals surface area (Å²) in [5.41, 5.74) is 0. The van der Waals surface area contributed by atoms with Crippen molar-refractivity contribution in [1.82, 2.24) is 15.5 Å². The number of nitrogens with one attached hydrogen (secondary N) is 2. The quantitative estimate of drug-likeness (QED) is 0.635. The molecule has 2 fully saturated rings. The van der Waals surface area contributed by atoms with Crippen LogP contribution in [-0.2, 0) is 9.59 Å². The molecule has 1 heterocycles. The van der Waals surface area contributed by atoms with E-state index in [2.05, 4.69) is 10.6 Å². The van der Waals surface area contributed by atoms with Gasteiger partial charge < -0.3 is 10.6 Å². The Kier molecular flexibility index (Phi) is 2.90. The molecule has 1 aliphatic heterocycles. The maximum Gasteiger partial charge on any atom is 0.237 e. The molecule has 0 spiro atoms. The Morgan fingerprint density at radius 3 is 3.00 bits per heavy atom. The fourth-order valence-electron chi connectivity index (χ4n) is 1.73. The number of hydrogen-bond donors (Lipinski definition) is 2. The molecule has 2 amide bonds. The van der Waals surface area contributed by atoms with Gasteiger partial charge in [0.25, 0.3) is 0 Å². The summed E-state index contributed by atoms with van der Waals surface area (Å²) in [6.45, 7) is 3.56. The van der Waals surface area contributed by atoms with Crippen LogP contribution in [0.2, 0.25) is 0 Å². The predicted molar refractivity (Wildman–Crippen MR) is 55.2 cm³/mol. The molecule has 15 heavy (non-hydrogen) atoms. The average Bonchev–Trinajstić information content (AvgIpc) is 2.97. The van der Waals surface area contributed by atoms with Crippen molar-refractivity contribution in [1.29, 1.82) is 0 Å². The Morgan fingerprint density at radius 2 is 2.33 bits per heavy atom. The van der Waals surface area contributed by atoms with Gasteiger partial charge in [-0.05, 0) is 19.8 Å². The summed E-state index contributed by atoms with van der Waals surface area (Å²) in [6.07, 6.45) is 2.20. The zero-order valence-corrected chi connectivity index (χ0v) is 8.95. The molecule has 2 aliphatic rings. The fraction of sp³-hybridized carbons (Fsp3) is 0.800. The predicted octanol–water partition coefficient (Wildman–Crippen LogP) is -0.915. The summed E-state index contributed by atoms with van der Waals surface area (Å²) in [4.78, 5) is 24.8. The molecular formula is C10H17N3O2. The molecule has 5 heteroatoms. The number of hydrogen-bond acceptors (Lipinski definition) is 3. The van der Waals surface area contributed by atoms with Gasteiger partial charge in [0.05, 0.1) is 12.6 Å². The summed E-state index contributed by atoms with van der Waals surface area (Å²) in [5, 5.41) is 5.70. The molecule has 0 bridgehead atoms. The third-order valence-corrected chi connectivity index (χ3v) is 2.91. The molecule has 1 atom stereocenters. The standard InChI is InChI=1S/C10H17N3O2/c1-7-10(15)11-4-5-13(7)6-9(14)12-8-2-3-8/h7-8H,2-6H2,1H3,(H,11,15)(H,12,14). The summed E-state index contributed by atoms with van der Waals surface area (Å²) >= 11 is 0. The van der Waals surface area contributed by atoms with E-state index in [0.717, 1.165) is 19.4 Å². The number of amides is 2. The lowest BCUT2D eigenvalue weighted by Gasteiger charge is -2.31. The number of carbonyl (C=O) groups excluding carboxylic acids is 2. The van der Waals surface area contributed by atoms with Crippen molar-refractivity contribution in [2.75, 3.05) is 19.6 Å². The number of nitrogens with zero attached hydrogens (tertiary/aromatic N) is 1. The maximum absolute atomic E-state index is 11.5. The number of carbonyl (C=O) groups is 2. The highest BCUT2D eigenvalue weighted by atomic mass is 16.2. The van der Waals surface area contributed by atoms with Gasteiger partial charge in [0.15, 0.2) is 0 Å². The fourth-order valence-corrected chi connectivity index (χ4v) is 1.73. The second kappa shape index (κ2) is 4.18. The minimum absolute atomic E-state index is 0.0143. The Balaban J connectivity index is 1.81. The minimum atomic E-state index is -0.191. The van der Waals surface area contributed by atoms with Crippen LogP contribution in [0.3, 0.4) is 0 Å². The van der Waals surface area contributed by atoms with E-state index in [9.17, 15) is 9.59 Å². The Bertz CT molecular complexity index is 276. The second-order valence-electron chi connectivity index (χ2n) is 4.28. The van der Waals surface area contributed by atoms with Gasteiger partial charge >= 0.3 is 0 Å². The lowest BCUT2D eigenvalue weighted by Crippen LogP contribution is -2.56. The SMILES string of the molecule is CC1C(=O)NCCN1CC(=O)NC1CC1. The van der Waals surface area contributed by atoms with E-state index in [4.69, 9.17) is 0 Å². The normalized spacial score (nSPS) is 27.3. The molecule has 0 aromatic rings. The van der Waals surface area contributed by atoms with Crippen LogP contribution in [0.15, 0.2) is 0 Å². The zero-order valence-electron chi connectivity index (χ0n) is 8.95. The zero-order chi connectivity index (χ0) is 10.8. The third kappa shape index (κ3) is 2.68. The lowest BCUT2D eigenvalue weighted by atomic mass is 10.2. The smallest absolute Gasteiger partial charge is 0.237 e. The van der Waals surface area contributed by atoms with Gasteiger partial charge in [-0.1, -0.05) is 0 Å². The van der Waals surface area contributed by atoms with Crippen LogP contribution in [0.1, 0.15) is 19.8 Å². The van der Waals surface area contributed by atoms with Crippen LogP contribution in [0.25, 0.3) is 0 Å². The van der Waals surface area contributed by atoms with E-state index in [1.165, 1.54) is 0 Å². The topological polar surface area (TPSA) is 61.4 Å². The first-order chi connectivity index (χ1) is 7.16. The average molecular weight is 211 g/mol. The van der Waals surface area contributed by atoms with Crippen molar-refractivity contribution >= 4 is 11.8 Å². The second-order valence-corrected chi connectivity index (χ2v) is 4.28. The van der Waals surface area contributed by atoms with Crippen molar-refractivity contribution in [2.45, 2.75) is 31.8 Å². The largest absolute Gasteiger partial charge is 0.353 e. The van der Waals surface area contributed by atoms with Crippen molar-refractivity contribution in [3.8, 4) is 0 Å². The number of piperazine rings is 1. The summed E-state index contributed by atoms with van der Waals surface area (Å²) in [5.74, 6) is 0.0551. The van der Waals surface area contributed by atoms with Gasteiger partial charge in [0.1, 0.15) is 0 Å². The molecular weight excluding hydrogens is 194 g/mol. The third-order valence-electron chi connectivity index (χ3n) is 2.91. The first-order valence-electron chi connectivity index (χ1n) is 5.48. The van der Waals surface area contributed by atoms with Crippen LogP contribution < -0.4 is 10.6 Å². The molecule has 84 valence electrons. The molecule has 5 nitrogen and oxygen atoms in total. The maximum atomic E-state index is 11.5. The van der Waals surface area contributed by atoms with E-state index in [0.29, 0.717) is 19.1 Å². The van der Waals surface area contributed by atoms with Crippen molar-refractivity contribution in [3.05, 3.63) is 0 Å². The van der Waals surface area contributed by atoms with Crippen LogP contribution in [0.4, 0.5) is 0 Å². The van der Waals surface area contributed by atoms with E-state index in [1.807, 2.05) is 11.8 Å². The molecule has 1 saturated carbocycles. The van der Waals surface area contributed by atoms with Gasteiger partial charge in [-0.15, -0.1) is 0 Å². The van der Waals surface area contributed by atoms with Crippen molar-refractivity contribution in [3.63, 3.8) is 0 Å². The highest BCUT2D eigenvalue weighted by Crippen LogP contribution is 2.18. The van der Waals surface area contributed by atoms with E-state index < -0.39 is 0 Å². The van der Waals surface area contributed by atoms with E-state index in [-0.39, 0.29) is 17.9 Å². The Labute approximate surface area is 89.2 Å². The first kappa shape index (κ1) is 10.4. The van der Waals surface area contributed by atoms with Gasteiger partial charge in [-0.2, -0.15) is 0 Å². The highest BCUT2D eigenvalue weighted by molar-refractivity contribution is 5.84. The van der Waals surface area contributed by atoms with Crippen LogP contribution in [0, 0.1) is 0 Å². The Morgan fingerprint density at radius 1 is 1.60 bits per heavy atom. The van der Waals surface area contributed by atoms with Crippen molar-refractivity contribution in [2.24, 2.45) is 0 Å². The summed E-state index contributed by atoms with van der Waals surface area (Å²) in [6, 6.07) is 0.204. The number of rotatable bonds is 3. The molecule has 0 aromatic heterocycles. The molecule has 0 aromatic carbocycles. The lowest BCUT2D eigenvalue weighted by molar-refractivity contribution is -0.130. The summed E-state index contributed by atoms with van der Waals surface area (Å²) in [7, 11) is 0. The van der Waals surface area contributed by atoms with Crippen LogP contribution in [-0.4, -0.2) is 48.4 Å². The van der Waals surface area contributed by atoms with Gasteiger partial charge in [-0.3, -0.25) is 14.5 Å². The van der Waals surface area contributed by atoms with Gasteiger partial charge in [0, 0.05) is 19.1 Å². The minimum Gasteiger partial charge on any atom is -0.353 e. The molecule has 0 radical (unpaired) electrons. The van der Waals surface area contributed by atoms with E-state index >= 15 is 0 Å². The molecule has 1 unspecified atom stereocenters. The highest BCUT2D eigenvalue weighted by Gasteiger charge is 2.29.